The molecule has 0 heterocycles. The van der Waals surface area contributed by atoms with Crippen molar-refractivity contribution in [2.24, 2.45) is 0 Å². The monoisotopic (exact) mass is 137 g/mol. The van der Waals surface area contributed by atoms with Crippen molar-refractivity contribution in [3.8, 4) is 5.75 Å². The van der Waals surface area contributed by atoms with E-state index in [2.05, 4.69) is 0 Å². The molecule has 10 heavy (non-hydrogen) atoms. The highest BCUT2D eigenvalue weighted by molar-refractivity contribution is 5.26. The Balaban J connectivity index is 2.75. The summed E-state index contributed by atoms with van der Waals surface area (Å²) in [7, 11) is 1.61. The standard InChI is InChI=1S/C8H9O2/c1-10-6-7-3-2-4-8(9)5-7/h2-5H,6H2,1H3. The predicted octanol–water partition coefficient (Wildman–Crippen LogP) is 1.98. The number of hydrogen-bond acceptors (Lipinski definition) is 1. The van der Waals surface area contributed by atoms with Crippen LogP contribution in [-0.4, -0.2) is 7.11 Å². The van der Waals surface area contributed by atoms with E-state index in [0.717, 1.165) is 5.56 Å². The van der Waals surface area contributed by atoms with Gasteiger partial charge in [0.2, 0.25) is 0 Å². The Hall–Kier alpha value is -1.02. The predicted molar refractivity (Wildman–Crippen MR) is 37.3 cm³/mol. The van der Waals surface area contributed by atoms with Gasteiger partial charge in [-0.3, -0.25) is 5.11 Å². The van der Waals surface area contributed by atoms with Gasteiger partial charge in [-0.1, -0.05) is 12.1 Å². The summed E-state index contributed by atoms with van der Waals surface area (Å²) in [6.45, 7) is 0.510. The summed E-state index contributed by atoms with van der Waals surface area (Å²) in [6.07, 6.45) is 0. The molecule has 0 N–H and O–H groups in total. The third kappa shape index (κ3) is 1.74. The SMILES string of the molecule is COCc1cccc([O])c1. The molecule has 0 aliphatic carbocycles. The molecule has 0 unspecified atom stereocenters. The average Bonchev–Trinajstić information content (AvgIpc) is 1.88. The number of rotatable bonds is 2. The minimum atomic E-state index is 0.0366. The molecule has 1 radical (unpaired) electrons. The molecule has 0 aliphatic heterocycles. The first-order chi connectivity index (χ1) is 4.83. The second-order valence-corrected chi connectivity index (χ2v) is 2.08. The van der Waals surface area contributed by atoms with Crippen molar-refractivity contribution in [1.29, 1.82) is 0 Å². The molecule has 1 aromatic rings. The Kier molecular flexibility index (Phi) is 2.29. The lowest BCUT2D eigenvalue weighted by molar-refractivity contribution is 0.184. The summed E-state index contributed by atoms with van der Waals surface area (Å²) in [6, 6.07) is 6.70. The Labute approximate surface area is 60.1 Å². The maximum absolute atomic E-state index is 10.7. The first kappa shape index (κ1) is 7.09. The van der Waals surface area contributed by atoms with Crippen LogP contribution in [0.5, 0.6) is 5.75 Å². The van der Waals surface area contributed by atoms with E-state index in [0.29, 0.717) is 6.61 Å². The van der Waals surface area contributed by atoms with E-state index < -0.39 is 0 Å². The summed E-state index contributed by atoms with van der Waals surface area (Å²) >= 11 is 0. The van der Waals surface area contributed by atoms with Crippen molar-refractivity contribution in [2.45, 2.75) is 6.61 Å². The lowest BCUT2D eigenvalue weighted by atomic mass is 10.2. The smallest absolute Gasteiger partial charge is 0.178 e. The first-order valence-electron chi connectivity index (χ1n) is 3.08. The van der Waals surface area contributed by atoms with Gasteiger partial charge in [0, 0.05) is 7.11 Å². The van der Waals surface area contributed by atoms with Gasteiger partial charge >= 0.3 is 0 Å². The van der Waals surface area contributed by atoms with E-state index in [4.69, 9.17) is 4.74 Å². The Morgan fingerprint density at radius 2 is 2.30 bits per heavy atom. The minimum absolute atomic E-state index is 0.0366. The number of methoxy groups -OCH3 is 1. The fourth-order valence-corrected chi connectivity index (χ4v) is 0.802. The molecule has 2 nitrogen and oxygen atoms in total. The van der Waals surface area contributed by atoms with Gasteiger partial charge in [0.25, 0.3) is 0 Å². The van der Waals surface area contributed by atoms with E-state index >= 15 is 0 Å². The van der Waals surface area contributed by atoms with Gasteiger partial charge in [-0.25, -0.2) is 0 Å². The normalized spacial score (nSPS) is 9.70. The van der Waals surface area contributed by atoms with Crippen molar-refractivity contribution in [1.82, 2.24) is 0 Å². The van der Waals surface area contributed by atoms with Crippen LogP contribution in [0.25, 0.3) is 0 Å². The average molecular weight is 137 g/mol. The summed E-state index contributed by atoms with van der Waals surface area (Å²) < 4.78 is 4.84. The molecule has 0 saturated carbocycles. The van der Waals surface area contributed by atoms with Crippen LogP contribution in [0.15, 0.2) is 24.3 Å². The van der Waals surface area contributed by atoms with Gasteiger partial charge < -0.3 is 4.74 Å². The second kappa shape index (κ2) is 3.22. The zero-order chi connectivity index (χ0) is 7.40. The zero-order valence-corrected chi connectivity index (χ0v) is 5.83. The lowest BCUT2D eigenvalue weighted by Gasteiger charge is -1.96. The van der Waals surface area contributed by atoms with Crippen LogP contribution >= 0.6 is 0 Å². The van der Waals surface area contributed by atoms with E-state index in [-0.39, 0.29) is 5.75 Å². The Morgan fingerprint density at radius 1 is 1.50 bits per heavy atom. The quantitative estimate of drug-likeness (QED) is 0.612. The molecule has 53 valence electrons. The van der Waals surface area contributed by atoms with Crippen LogP contribution in [-0.2, 0) is 16.5 Å². The molecule has 0 fully saturated rings. The molecule has 0 spiro atoms. The van der Waals surface area contributed by atoms with Crippen molar-refractivity contribution >= 4 is 0 Å². The third-order valence-electron chi connectivity index (χ3n) is 1.21. The maximum Gasteiger partial charge on any atom is 0.178 e. The van der Waals surface area contributed by atoms with E-state index in [1.54, 1.807) is 19.2 Å². The summed E-state index contributed by atoms with van der Waals surface area (Å²) in [4.78, 5) is 0. The first-order valence-corrected chi connectivity index (χ1v) is 3.08. The highest BCUT2D eigenvalue weighted by Crippen LogP contribution is 2.11. The molecule has 0 saturated heterocycles. The topological polar surface area (TPSA) is 29.1 Å². The Morgan fingerprint density at radius 3 is 2.90 bits per heavy atom. The van der Waals surface area contributed by atoms with Gasteiger partial charge in [-0.2, -0.15) is 0 Å². The van der Waals surface area contributed by atoms with Crippen LogP contribution < -0.4 is 0 Å². The lowest BCUT2D eigenvalue weighted by Crippen LogP contribution is -1.84. The van der Waals surface area contributed by atoms with Gasteiger partial charge in [-0.15, -0.1) is 0 Å². The minimum Gasteiger partial charge on any atom is -0.380 e. The molecule has 1 rings (SSSR count). The van der Waals surface area contributed by atoms with E-state index in [9.17, 15) is 5.11 Å². The fraction of sp³-hybridized carbons (Fsp3) is 0.250. The molecule has 0 atom stereocenters. The van der Waals surface area contributed by atoms with Crippen molar-refractivity contribution in [3.05, 3.63) is 29.8 Å². The molecule has 0 amide bonds. The summed E-state index contributed by atoms with van der Waals surface area (Å²) in [5.41, 5.74) is 0.926. The number of ether oxygens (including phenoxy) is 1. The fourth-order valence-electron chi connectivity index (χ4n) is 0.802. The third-order valence-corrected chi connectivity index (χ3v) is 1.21. The van der Waals surface area contributed by atoms with Gasteiger partial charge in [0.05, 0.1) is 6.61 Å². The maximum atomic E-state index is 10.7. The molecule has 0 aliphatic rings. The largest absolute Gasteiger partial charge is 0.380 e. The highest BCUT2D eigenvalue weighted by Gasteiger charge is 1.92. The second-order valence-electron chi connectivity index (χ2n) is 2.08. The summed E-state index contributed by atoms with van der Waals surface area (Å²) in [5.74, 6) is 0.0366. The molecule has 0 aromatic heterocycles. The van der Waals surface area contributed by atoms with E-state index in [1.807, 2.05) is 6.07 Å². The Bertz CT molecular complexity index is 208. The molecular weight excluding hydrogens is 128 g/mol. The molecule has 1 aromatic carbocycles. The highest BCUT2D eigenvalue weighted by atomic mass is 16.5. The van der Waals surface area contributed by atoms with Gasteiger partial charge in [0.1, 0.15) is 0 Å². The van der Waals surface area contributed by atoms with Crippen LogP contribution in [0.2, 0.25) is 0 Å². The number of hydrogen-bond donors (Lipinski definition) is 0. The van der Waals surface area contributed by atoms with Crippen molar-refractivity contribution < 1.29 is 9.84 Å². The summed E-state index contributed by atoms with van der Waals surface area (Å²) in [5, 5.41) is 10.7. The molecule has 2 heteroatoms. The van der Waals surface area contributed by atoms with Crippen LogP contribution in [0, 0.1) is 0 Å². The van der Waals surface area contributed by atoms with Crippen molar-refractivity contribution in [2.75, 3.05) is 7.11 Å². The van der Waals surface area contributed by atoms with Crippen LogP contribution in [0.3, 0.4) is 0 Å². The molecule has 0 bridgehead atoms. The molecular formula is C8H9O2. The van der Waals surface area contributed by atoms with Crippen LogP contribution in [0.1, 0.15) is 5.56 Å². The van der Waals surface area contributed by atoms with Crippen LogP contribution in [0.4, 0.5) is 0 Å². The number of benzene rings is 1. The van der Waals surface area contributed by atoms with Gasteiger partial charge in [0.15, 0.2) is 5.75 Å². The van der Waals surface area contributed by atoms with E-state index in [1.165, 1.54) is 6.07 Å². The van der Waals surface area contributed by atoms with Crippen molar-refractivity contribution in [3.63, 3.8) is 0 Å². The zero-order valence-electron chi connectivity index (χ0n) is 5.83. The van der Waals surface area contributed by atoms with Gasteiger partial charge in [-0.05, 0) is 17.7 Å².